The zero-order valence-corrected chi connectivity index (χ0v) is 10.9. The molecule has 2 heteroatoms. The van der Waals surface area contributed by atoms with Crippen LogP contribution in [-0.4, -0.2) is 36.6 Å². The maximum atomic E-state index is 3.31. The molecule has 0 saturated carbocycles. The van der Waals surface area contributed by atoms with Crippen molar-refractivity contribution in [3.63, 3.8) is 0 Å². The summed E-state index contributed by atoms with van der Waals surface area (Å²) in [6, 6.07) is 2.35. The summed E-state index contributed by atoms with van der Waals surface area (Å²) < 4.78 is 0. The van der Waals surface area contributed by atoms with Crippen LogP contribution in [0.2, 0.25) is 0 Å². The van der Waals surface area contributed by atoms with Gasteiger partial charge in [0.15, 0.2) is 0 Å². The van der Waals surface area contributed by atoms with E-state index in [-0.39, 0.29) is 0 Å². The summed E-state index contributed by atoms with van der Waals surface area (Å²) in [5, 5.41) is 3.31. The number of hydrogen-bond donors (Lipinski definition) is 1. The summed E-state index contributed by atoms with van der Waals surface area (Å²) in [6.07, 6.45) is 6.78. The van der Waals surface area contributed by atoms with E-state index in [1.165, 1.54) is 38.6 Å². The van der Waals surface area contributed by atoms with Crippen LogP contribution in [0.25, 0.3) is 0 Å². The molecular formula is C13H28N2. The van der Waals surface area contributed by atoms with E-state index in [0.29, 0.717) is 6.04 Å². The molecule has 0 radical (unpaired) electrons. The maximum Gasteiger partial charge on any atom is 0.00960 e. The van der Waals surface area contributed by atoms with Crippen molar-refractivity contribution in [1.29, 1.82) is 0 Å². The van der Waals surface area contributed by atoms with Gasteiger partial charge in [-0.3, -0.25) is 4.90 Å². The molecule has 1 saturated heterocycles. The fourth-order valence-electron chi connectivity index (χ4n) is 2.69. The summed E-state index contributed by atoms with van der Waals surface area (Å²) in [6.45, 7) is 8.28. The van der Waals surface area contributed by atoms with E-state index in [0.717, 1.165) is 12.1 Å². The summed E-state index contributed by atoms with van der Waals surface area (Å²) in [5.74, 6) is 0. The Morgan fingerprint density at radius 1 is 1.40 bits per heavy atom. The smallest absolute Gasteiger partial charge is 0.00960 e. The van der Waals surface area contributed by atoms with E-state index in [1.807, 2.05) is 0 Å². The van der Waals surface area contributed by atoms with Crippen molar-refractivity contribution < 1.29 is 0 Å². The van der Waals surface area contributed by atoms with Crippen LogP contribution in [-0.2, 0) is 0 Å². The second-order valence-corrected chi connectivity index (χ2v) is 5.06. The van der Waals surface area contributed by atoms with Gasteiger partial charge in [0.25, 0.3) is 0 Å². The maximum absolute atomic E-state index is 3.31. The molecule has 15 heavy (non-hydrogen) atoms. The Balaban J connectivity index is 2.24. The second-order valence-electron chi connectivity index (χ2n) is 5.06. The lowest BCUT2D eigenvalue weighted by molar-refractivity contribution is 0.193. The lowest BCUT2D eigenvalue weighted by Gasteiger charge is -2.28. The van der Waals surface area contributed by atoms with Gasteiger partial charge >= 0.3 is 0 Å². The molecule has 0 bridgehead atoms. The van der Waals surface area contributed by atoms with Crippen LogP contribution in [0, 0.1) is 0 Å². The molecule has 0 aromatic heterocycles. The van der Waals surface area contributed by atoms with Crippen molar-refractivity contribution in [3.05, 3.63) is 0 Å². The van der Waals surface area contributed by atoms with Crippen molar-refractivity contribution in [2.75, 3.05) is 13.6 Å². The van der Waals surface area contributed by atoms with Crippen molar-refractivity contribution >= 4 is 0 Å². The van der Waals surface area contributed by atoms with Gasteiger partial charge in [-0.25, -0.2) is 0 Å². The second kappa shape index (κ2) is 6.49. The molecule has 0 aromatic carbocycles. The third kappa shape index (κ3) is 3.76. The van der Waals surface area contributed by atoms with Gasteiger partial charge in [-0.1, -0.05) is 6.92 Å². The van der Waals surface area contributed by atoms with E-state index in [1.54, 1.807) is 0 Å². The molecule has 1 heterocycles. The average Bonchev–Trinajstić information content (AvgIpc) is 2.60. The number of rotatable bonds is 6. The van der Waals surface area contributed by atoms with Crippen LogP contribution in [0.5, 0.6) is 0 Å². The first kappa shape index (κ1) is 13.0. The zero-order valence-electron chi connectivity index (χ0n) is 10.9. The molecule has 3 atom stereocenters. The molecule has 3 unspecified atom stereocenters. The molecule has 0 spiro atoms. The van der Waals surface area contributed by atoms with Crippen LogP contribution < -0.4 is 5.32 Å². The molecule has 1 fully saturated rings. The first-order valence-corrected chi connectivity index (χ1v) is 6.62. The van der Waals surface area contributed by atoms with Gasteiger partial charge in [0.1, 0.15) is 0 Å². The van der Waals surface area contributed by atoms with Crippen molar-refractivity contribution in [1.82, 2.24) is 10.2 Å². The van der Waals surface area contributed by atoms with Gasteiger partial charge in [0.05, 0.1) is 0 Å². The van der Waals surface area contributed by atoms with Gasteiger partial charge in [0.2, 0.25) is 0 Å². The third-order valence-corrected chi connectivity index (χ3v) is 3.97. The fourth-order valence-corrected chi connectivity index (χ4v) is 2.69. The van der Waals surface area contributed by atoms with Crippen LogP contribution in [0.3, 0.4) is 0 Å². The summed E-state index contributed by atoms with van der Waals surface area (Å²) in [5.41, 5.74) is 0. The van der Waals surface area contributed by atoms with E-state index in [4.69, 9.17) is 0 Å². The zero-order chi connectivity index (χ0) is 11.3. The predicted octanol–water partition coefficient (Wildman–Crippen LogP) is 2.64. The molecule has 2 nitrogen and oxygen atoms in total. The first-order valence-electron chi connectivity index (χ1n) is 6.62. The Morgan fingerprint density at radius 3 is 2.73 bits per heavy atom. The van der Waals surface area contributed by atoms with Gasteiger partial charge in [-0.15, -0.1) is 0 Å². The van der Waals surface area contributed by atoms with Gasteiger partial charge < -0.3 is 5.32 Å². The number of likely N-dealkylation sites (tertiary alicyclic amines) is 1. The lowest BCUT2D eigenvalue weighted by atomic mass is 10.1. The number of nitrogens with zero attached hydrogens (tertiary/aromatic N) is 1. The Bertz CT molecular complexity index is 170. The molecule has 0 aromatic rings. The Labute approximate surface area is 95.4 Å². The summed E-state index contributed by atoms with van der Waals surface area (Å²) in [4.78, 5) is 2.72. The van der Waals surface area contributed by atoms with Crippen LogP contribution in [0.15, 0.2) is 0 Å². The number of hydrogen-bond acceptors (Lipinski definition) is 2. The van der Waals surface area contributed by atoms with Gasteiger partial charge in [0, 0.05) is 18.1 Å². The highest BCUT2D eigenvalue weighted by atomic mass is 15.2. The third-order valence-electron chi connectivity index (χ3n) is 3.97. The highest BCUT2D eigenvalue weighted by Crippen LogP contribution is 2.26. The van der Waals surface area contributed by atoms with Crippen LogP contribution in [0.1, 0.15) is 52.9 Å². The molecule has 90 valence electrons. The predicted molar refractivity (Wildman–Crippen MR) is 67.2 cm³/mol. The van der Waals surface area contributed by atoms with E-state index in [9.17, 15) is 0 Å². The minimum absolute atomic E-state index is 0.669. The first-order chi connectivity index (χ1) is 7.19. The largest absolute Gasteiger partial charge is 0.317 e. The molecule has 1 N–H and O–H groups in total. The Hall–Kier alpha value is -0.0800. The van der Waals surface area contributed by atoms with Crippen LogP contribution in [0.4, 0.5) is 0 Å². The van der Waals surface area contributed by atoms with Crippen molar-refractivity contribution in [3.8, 4) is 0 Å². The van der Waals surface area contributed by atoms with E-state index < -0.39 is 0 Å². The average molecular weight is 212 g/mol. The highest BCUT2D eigenvalue weighted by Gasteiger charge is 2.28. The minimum atomic E-state index is 0.669. The van der Waals surface area contributed by atoms with E-state index in [2.05, 4.69) is 38.0 Å². The standard InChI is InChI=1S/C13H28N2/c1-5-13-9-8-12(3)15(13)10-6-7-11(2)14-4/h11-14H,5-10H2,1-4H3. The molecule has 0 aliphatic carbocycles. The monoisotopic (exact) mass is 212 g/mol. The quantitative estimate of drug-likeness (QED) is 0.728. The van der Waals surface area contributed by atoms with E-state index >= 15 is 0 Å². The number of nitrogens with one attached hydrogen (secondary N) is 1. The molecule has 0 amide bonds. The summed E-state index contributed by atoms with van der Waals surface area (Å²) >= 11 is 0. The highest BCUT2D eigenvalue weighted by molar-refractivity contribution is 4.84. The molecule has 1 aliphatic rings. The normalized spacial score (nSPS) is 29.6. The van der Waals surface area contributed by atoms with Crippen molar-refractivity contribution in [2.24, 2.45) is 0 Å². The lowest BCUT2D eigenvalue weighted by Crippen LogP contribution is -2.35. The van der Waals surface area contributed by atoms with Gasteiger partial charge in [-0.2, -0.15) is 0 Å². The molecular weight excluding hydrogens is 184 g/mol. The van der Waals surface area contributed by atoms with Gasteiger partial charge in [-0.05, 0) is 59.5 Å². The topological polar surface area (TPSA) is 15.3 Å². The minimum Gasteiger partial charge on any atom is -0.317 e. The molecule has 1 aliphatic heterocycles. The van der Waals surface area contributed by atoms with Crippen molar-refractivity contribution in [2.45, 2.75) is 71.0 Å². The Kier molecular flexibility index (Phi) is 5.62. The van der Waals surface area contributed by atoms with Crippen LogP contribution >= 0.6 is 0 Å². The summed E-state index contributed by atoms with van der Waals surface area (Å²) in [7, 11) is 2.05. The molecule has 1 rings (SSSR count). The fraction of sp³-hybridized carbons (Fsp3) is 1.00. The Morgan fingerprint density at radius 2 is 2.13 bits per heavy atom. The SMILES string of the molecule is CCC1CCC(C)N1CCCC(C)NC.